The average Bonchev–Trinajstić information content (AvgIpc) is 2.56. The van der Waals surface area contributed by atoms with E-state index in [1.54, 1.807) is 12.1 Å². The normalized spacial score (nSPS) is 12.0. The van der Waals surface area contributed by atoms with Crippen molar-refractivity contribution < 1.29 is 18.0 Å². The molecular formula is C11H8F3NO. The Bertz CT molecular complexity index is 554. The summed E-state index contributed by atoms with van der Waals surface area (Å²) in [7, 11) is 1.33. The first-order valence-corrected chi connectivity index (χ1v) is 4.56. The van der Waals surface area contributed by atoms with E-state index in [0.29, 0.717) is 17.2 Å². The molecule has 1 heterocycles. The zero-order valence-electron chi connectivity index (χ0n) is 8.38. The van der Waals surface area contributed by atoms with Crippen molar-refractivity contribution in [1.82, 2.24) is 4.57 Å². The van der Waals surface area contributed by atoms with Crippen LogP contribution in [0.3, 0.4) is 0 Å². The molecule has 5 heteroatoms. The fraction of sp³-hybridized carbons (Fsp3) is 0.182. The average molecular weight is 227 g/mol. The SMILES string of the molecule is Cn1c(C(F)(F)F)cc2c(C=O)cccc21. The van der Waals surface area contributed by atoms with Crippen LogP contribution in [0.25, 0.3) is 10.9 Å². The maximum atomic E-state index is 12.6. The molecule has 0 atom stereocenters. The molecule has 0 aliphatic rings. The molecule has 2 nitrogen and oxygen atoms in total. The van der Waals surface area contributed by atoms with Crippen molar-refractivity contribution in [1.29, 1.82) is 0 Å². The van der Waals surface area contributed by atoms with Gasteiger partial charge in [-0.05, 0) is 12.1 Å². The van der Waals surface area contributed by atoms with Gasteiger partial charge in [0.15, 0.2) is 6.29 Å². The summed E-state index contributed by atoms with van der Waals surface area (Å²) < 4.78 is 38.9. The summed E-state index contributed by atoms with van der Waals surface area (Å²) in [5, 5.41) is 0.326. The molecule has 0 bridgehead atoms. The minimum atomic E-state index is -4.41. The van der Waals surface area contributed by atoms with E-state index in [1.165, 1.54) is 13.1 Å². The van der Waals surface area contributed by atoms with E-state index in [9.17, 15) is 18.0 Å². The van der Waals surface area contributed by atoms with Gasteiger partial charge in [-0.25, -0.2) is 0 Å². The van der Waals surface area contributed by atoms with Crippen molar-refractivity contribution in [3.8, 4) is 0 Å². The quantitative estimate of drug-likeness (QED) is 0.686. The van der Waals surface area contributed by atoms with Crippen molar-refractivity contribution in [3.63, 3.8) is 0 Å². The van der Waals surface area contributed by atoms with Gasteiger partial charge in [-0.1, -0.05) is 12.1 Å². The molecule has 2 rings (SSSR count). The van der Waals surface area contributed by atoms with Gasteiger partial charge >= 0.3 is 6.18 Å². The highest BCUT2D eigenvalue weighted by Crippen LogP contribution is 2.33. The predicted octanol–water partition coefficient (Wildman–Crippen LogP) is 3.01. The van der Waals surface area contributed by atoms with Crippen LogP contribution in [-0.2, 0) is 13.2 Å². The number of aromatic nitrogens is 1. The van der Waals surface area contributed by atoms with E-state index in [1.807, 2.05) is 0 Å². The molecule has 0 N–H and O–H groups in total. The number of carbonyl (C=O) groups is 1. The van der Waals surface area contributed by atoms with Gasteiger partial charge in [-0.15, -0.1) is 0 Å². The van der Waals surface area contributed by atoms with E-state index >= 15 is 0 Å². The number of benzene rings is 1. The summed E-state index contributed by atoms with van der Waals surface area (Å²) >= 11 is 0. The number of alkyl halides is 3. The maximum absolute atomic E-state index is 12.6. The van der Waals surface area contributed by atoms with Crippen LogP contribution >= 0.6 is 0 Å². The summed E-state index contributed by atoms with van der Waals surface area (Å²) in [5.74, 6) is 0. The molecule has 84 valence electrons. The van der Waals surface area contributed by atoms with Gasteiger partial charge in [-0.2, -0.15) is 13.2 Å². The Kier molecular flexibility index (Phi) is 2.26. The van der Waals surface area contributed by atoms with Gasteiger partial charge in [0.05, 0.1) is 0 Å². The lowest BCUT2D eigenvalue weighted by molar-refractivity contribution is -0.142. The molecule has 0 unspecified atom stereocenters. The molecule has 0 saturated heterocycles. The molecule has 0 amide bonds. The number of halogens is 3. The summed E-state index contributed by atoms with van der Waals surface area (Å²) in [5.41, 5.74) is -0.0858. The van der Waals surface area contributed by atoms with Crippen LogP contribution in [0.15, 0.2) is 24.3 Å². The molecule has 2 aromatic rings. The molecule has 0 spiro atoms. The Morgan fingerprint density at radius 3 is 2.56 bits per heavy atom. The Hall–Kier alpha value is -1.78. The van der Waals surface area contributed by atoms with Crippen LogP contribution in [0.2, 0.25) is 0 Å². The standard InChI is InChI=1S/C11H8F3NO/c1-15-9-4-2-3-7(6-16)8(9)5-10(15)11(12,13)14/h2-6H,1H3. The van der Waals surface area contributed by atoms with Crippen LogP contribution in [0.5, 0.6) is 0 Å². The van der Waals surface area contributed by atoms with Crippen molar-refractivity contribution >= 4 is 17.2 Å². The van der Waals surface area contributed by atoms with E-state index in [4.69, 9.17) is 0 Å². The van der Waals surface area contributed by atoms with Gasteiger partial charge in [0.2, 0.25) is 0 Å². The second-order valence-electron chi connectivity index (χ2n) is 3.48. The third kappa shape index (κ3) is 1.48. The lowest BCUT2D eigenvalue weighted by atomic mass is 10.1. The van der Waals surface area contributed by atoms with E-state index in [0.717, 1.165) is 10.6 Å². The van der Waals surface area contributed by atoms with Crippen LogP contribution in [-0.4, -0.2) is 10.9 Å². The minimum Gasteiger partial charge on any atom is -0.340 e. The Morgan fingerprint density at radius 1 is 1.31 bits per heavy atom. The molecule has 0 fully saturated rings. The summed E-state index contributed by atoms with van der Waals surface area (Å²) in [6.45, 7) is 0. The molecular weight excluding hydrogens is 219 g/mol. The first kappa shape index (κ1) is 10.7. The van der Waals surface area contributed by atoms with Gasteiger partial charge in [0.25, 0.3) is 0 Å². The topological polar surface area (TPSA) is 22.0 Å². The third-order valence-electron chi connectivity index (χ3n) is 2.54. The highest BCUT2D eigenvalue weighted by atomic mass is 19.4. The number of fused-ring (bicyclic) bond motifs is 1. The fourth-order valence-corrected chi connectivity index (χ4v) is 1.76. The van der Waals surface area contributed by atoms with E-state index in [2.05, 4.69) is 0 Å². The highest BCUT2D eigenvalue weighted by molar-refractivity contribution is 5.97. The molecule has 0 saturated carbocycles. The van der Waals surface area contributed by atoms with Crippen molar-refractivity contribution in [2.45, 2.75) is 6.18 Å². The molecule has 1 aromatic heterocycles. The second kappa shape index (κ2) is 3.37. The van der Waals surface area contributed by atoms with E-state index < -0.39 is 11.9 Å². The molecule has 0 aliphatic carbocycles. The zero-order valence-corrected chi connectivity index (χ0v) is 8.38. The molecule has 0 aliphatic heterocycles. The van der Waals surface area contributed by atoms with Gasteiger partial charge in [0, 0.05) is 23.5 Å². The van der Waals surface area contributed by atoms with E-state index in [-0.39, 0.29) is 5.56 Å². The number of nitrogens with zero attached hydrogens (tertiary/aromatic N) is 1. The molecule has 0 radical (unpaired) electrons. The number of rotatable bonds is 1. The number of carbonyl (C=O) groups excluding carboxylic acids is 1. The maximum Gasteiger partial charge on any atom is 0.431 e. The second-order valence-corrected chi connectivity index (χ2v) is 3.48. The third-order valence-corrected chi connectivity index (χ3v) is 2.54. The summed E-state index contributed by atoms with van der Waals surface area (Å²) in [6, 6.07) is 5.61. The lowest BCUT2D eigenvalue weighted by Crippen LogP contribution is -2.10. The molecule has 1 aromatic carbocycles. The number of aldehydes is 1. The highest BCUT2D eigenvalue weighted by Gasteiger charge is 2.34. The van der Waals surface area contributed by atoms with Crippen LogP contribution in [0.4, 0.5) is 13.2 Å². The number of hydrogen-bond acceptors (Lipinski definition) is 1. The van der Waals surface area contributed by atoms with Crippen molar-refractivity contribution in [3.05, 3.63) is 35.5 Å². The van der Waals surface area contributed by atoms with Gasteiger partial charge < -0.3 is 4.57 Å². The van der Waals surface area contributed by atoms with Crippen LogP contribution in [0.1, 0.15) is 16.1 Å². The summed E-state index contributed by atoms with van der Waals surface area (Å²) in [4.78, 5) is 10.7. The Balaban J connectivity index is 2.82. The lowest BCUT2D eigenvalue weighted by Gasteiger charge is -2.07. The largest absolute Gasteiger partial charge is 0.431 e. The first-order valence-electron chi connectivity index (χ1n) is 4.56. The minimum absolute atomic E-state index is 0.267. The predicted molar refractivity (Wildman–Crippen MR) is 53.3 cm³/mol. The summed E-state index contributed by atoms with van der Waals surface area (Å²) in [6.07, 6.45) is -3.85. The number of hydrogen-bond donors (Lipinski definition) is 0. The smallest absolute Gasteiger partial charge is 0.340 e. The number of aryl methyl sites for hydroxylation is 1. The Labute approximate surface area is 89.3 Å². The monoisotopic (exact) mass is 227 g/mol. The fourth-order valence-electron chi connectivity index (χ4n) is 1.76. The Morgan fingerprint density at radius 2 is 2.00 bits per heavy atom. The molecule has 16 heavy (non-hydrogen) atoms. The van der Waals surface area contributed by atoms with Gasteiger partial charge in [-0.3, -0.25) is 4.79 Å². The van der Waals surface area contributed by atoms with Gasteiger partial charge in [0.1, 0.15) is 5.69 Å². The van der Waals surface area contributed by atoms with Crippen LogP contribution < -0.4 is 0 Å². The zero-order chi connectivity index (χ0) is 11.9. The first-order chi connectivity index (χ1) is 7.45. The van der Waals surface area contributed by atoms with Crippen LogP contribution in [0, 0.1) is 0 Å². The van der Waals surface area contributed by atoms with Crippen molar-refractivity contribution in [2.24, 2.45) is 7.05 Å². The van der Waals surface area contributed by atoms with Crippen molar-refractivity contribution in [2.75, 3.05) is 0 Å².